The molecule has 4 nitrogen and oxygen atoms in total. The Morgan fingerprint density at radius 2 is 1.71 bits per heavy atom. The Kier molecular flexibility index (Phi) is 4.57. The summed E-state index contributed by atoms with van der Waals surface area (Å²) in [6.45, 7) is 3.94. The van der Waals surface area contributed by atoms with Gasteiger partial charge in [0.25, 0.3) is 0 Å². The summed E-state index contributed by atoms with van der Waals surface area (Å²) in [4.78, 5) is 28.2. The summed E-state index contributed by atoms with van der Waals surface area (Å²) in [5, 5.41) is 0. The van der Waals surface area contributed by atoms with Crippen molar-refractivity contribution in [1.29, 1.82) is 0 Å². The zero-order chi connectivity index (χ0) is 15.2. The van der Waals surface area contributed by atoms with Crippen LogP contribution in [0.3, 0.4) is 0 Å². The van der Waals surface area contributed by atoms with E-state index < -0.39 is 0 Å². The Balaban J connectivity index is 2.43. The van der Waals surface area contributed by atoms with Gasteiger partial charge >= 0.3 is 0 Å². The summed E-state index contributed by atoms with van der Waals surface area (Å²) in [6.07, 6.45) is 3.78. The Labute approximate surface area is 122 Å². The van der Waals surface area contributed by atoms with Crippen LogP contribution >= 0.6 is 0 Å². The lowest BCUT2D eigenvalue weighted by Gasteiger charge is -2.11. The normalized spacial score (nSPS) is 9.62. The van der Waals surface area contributed by atoms with Gasteiger partial charge in [0.15, 0.2) is 0 Å². The predicted octanol–water partition coefficient (Wildman–Crippen LogP) is 3.83. The minimum absolute atomic E-state index is 0.585. The van der Waals surface area contributed by atoms with Gasteiger partial charge in [-0.3, -0.25) is 0 Å². The summed E-state index contributed by atoms with van der Waals surface area (Å²) in [7, 11) is 0. The minimum atomic E-state index is 0.585. The molecule has 0 aliphatic heterocycles. The third-order valence-electron chi connectivity index (χ3n) is 3.42. The van der Waals surface area contributed by atoms with Gasteiger partial charge in [-0.2, -0.15) is 9.98 Å². The molecular formula is C17H14N2O2. The second-order valence-corrected chi connectivity index (χ2v) is 4.77. The van der Waals surface area contributed by atoms with Crippen molar-refractivity contribution >= 4 is 23.5 Å². The van der Waals surface area contributed by atoms with Crippen molar-refractivity contribution < 1.29 is 9.59 Å². The average Bonchev–Trinajstić information content (AvgIpc) is 2.45. The minimum Gasteiger partial charge on any atom is -0.211 e. The standard InChI is InChI=1S/C17H14N2O2/c1-12-4-3-5-17(19-11-21)16(12)9-14-6-7-15(18-10-20)8-13(14)2/h3-8H,9H2,1-2H3. The monoisotopic (exact) mass is 278 g/mol. The quantitative estimate of drug-likeness (QED) is 0.630. The molecule has 0 unspecified atom stereocenters. The first kappa shape index (κ1) is 14.6. The molecule has 2 aromatic rings. The molecule has 0 aliphatic carbocycles. The average molecular weight is 278 g/mol. The van der Waals surface area contributed by atoms with Crippen molar-refractivity contribution in [3.05, 3.63) is 58.7 Å². The van der Waals surface area contributed by atoms with Crippen LogP contribution in [0.1, 0.15) is 22.3 Å². The Morgan fingerprint density at radius 1 is 0.952 bits per heavy atom. The van der Waals surface area contributed by atoms with Gasteiger partial charge in [0.05, 0.1) is 11.4 Å². The van der Waals surface area contributed by atoms with Gasteiger partial charge in [0, 0.05) is 6.42 Å². The fraction of sp³-hybridized carbons (Fsp3) is 0.176. The topological polar surface area (TPSA) is 58.9 Å². The molecular weight excluding hydrogens is 264 g/mol. The fourth-order valence-electron chi connectivity index (χ4n) is 2.26. The van der Waals surface area contributed by atoms with Crippen molar-refractivity contribution in [2.24, 2.45) is 9.98 Å². The molecule has 104 valence electrons. The third kappa shape index (κ3) is 3.40. The van der Waals surface area contributed by atoms with E-state index in [1.165, 1.54) is 6.08 Å². The van der Waals surface area contributed by atoms with E-state index in [1.54, 1.807) is 18.2 Å². The maximum atomic E-state index is 10.5. The number of isocyanates is 2. The molecule has 0 saturated heterocycles. The number of benzene rings is 2. The number of carbonyl (C=O) groups excluding carboxylic acids is 2. The highest BCUT2D eigenvalue weighted by molar-refractivity contribution is 5.58. The van der Waals surface area contributed by atoms with E-state index in [4.69, 9.17) is 0 Å². The molecule has 0 saturated carbocycles. The summed E-state index contributed by atoms with van der Waals surface area (Å²) in [5.41, 5.74) is 5.41. The van der Waals surface area contributed by atoms with Gasteiger partial charge in [-0.05, 0) is 54.3 Å². The number of hydrogen-bond acceptors (Lipinski definition) is 4. The van der Waals surface area contributed by atoms with Crippen LogP contribution in [0.5, 0.6) is 0 Å². The second kappa shape index (κ2) is 6.58. The molecule has 0 aliphatic rings. The molecule has 0 radical (unpaired) electrons. The van der Waals surface area contributed by atoms with E-state index in [1.807, 2.05) is 38.1 Å². The SMILES string of the molecule is Cc1cc(N=C=O)ccc1Cc1c(C)cccc1N=C=O. The lowest BCUT2D eigenvalue weighted by molar-refractivity contribution is 0.564. The summed E-state index contributed by atoms with van der Waals surface area (Å²) >= 11 is 0. The van der Waals surface area contributed by atoms with Gasteiger partial charge in [-0.15, -0.1) is 0 Å². The summed E-state index contributed by atoms with van der Waals surface area (Å²) < 4.78 is 0. The Hall–Kier alpha value is -2.80. The third-order valence-corrected chi connectivity index (χ3v) is 3.42. The first-order valence-electron chi connectivity index (χ1n) is 6.49. The van der Waals surface area contributed by atoms with Gasteiger partial charge in [-0.1, -0.05) is 18.2 Å². The first-order valence-corrected chi connectivity index (χ1v) is 6.49. The zero-order valence-electron chi connectivity index (χ0n) is 11.9. The van der Waals surface area contributed by atoms with E-state index in [0.29, 0.717) is 17.8 Å². The molecule has 2 rings (SSSR count). The molecule has 0 aromatic heterocycles. The number of hydrogen-bond donors (Lipinski definition) is 0. The van der Waals surface area contributed by atoms with Crippen LogP contribution in [-0.4, -0.2) is 12.2 Å². The number of aliphatic imine (C=N–C) groups is 2. The highest BCUT2D eigenvalue weighted by Gasteiger charge is 2.08. The summed E-state index contributed by atoms with van der Waals surface area (Å²) in [5.74, 6) is 0. The van der Waals surface area contributed by atoms with Crippen LogP contribution in [0.4, 0.5) is 11.4 Å². The van der Waals surface area contributed by atoms with Gasteiger partial charge in [0.1, 0.15) is 0 Å². The van der Waals surface area contributed by atoms with Crippen molar-refractivity contribution in [2.45, 2.75) is 20.3 Å². The molecule has 4 heteroatoms. The van der Waals surface area contributed by atoms with Gasteiger partial charge in [-0.25, -0.2) is 9.59 Å². The van der Waals surface area contributed by atoms with Crippen LogP contribution in [0.2, 0.25) is 0 Å². The summed E-state index contributed by atoms with van der Waals surface area (Å²) in [6, 6.07) is 11.2. The largest absolute Gasteiger partial charge is 0.240 e. The van der Waals surface area contributed by atoms with E-state index in [0.717, 1.165) is 22.3 Å². The van der Waals surface area contributed by atoms with Crippen LogP contribution in [0.25, 0.3) is 0 Å². The number of aryl methyl sites for hydroxylation is 2. The first-order chi connectivity index (χ1) is 10.2. The second-order valence-electron chi connectivity index (χ2n) is 4.77. The van der Waals surface area contributed by atoms with Crippen molar-refractivity contribution in [2.75, 3.05) is 0 Å². The van der Waals surface area contributed by atoms with E-state index in [2.05, 4.69) is 9.98 Å². The smallest absolute Gasteiger partial charge is 0.211 e. The lowest BCUT2D eigenvalue weighted by atomic mass is 9.96. The van der Waals surface area contributed by atoms with E-state index in [9.17, 15) is 9.59 Å². The van der Waals surface area contributed by atoms with Crippen LogP contribution in [0, 0.1) is 13.8 Å². The zero-order valence-corrected chi connectivity index (χ0v) is 11.9. The molecule has 2 aromatic carbocycles. The van der Waals surface area contributed by atoms with E-state index >= 15 is 0 Å². The van der Waals surface area contributed by atoms with Crippen molar-refractivity contribution in [3.8, 4) is 0 Å². The molecule has 0 atom stereocenters. The molecule has 0 N–H and O–H groups in total. The Bertz CT molecular complexity index is 768. The molecule has 0 amide bonds. The number of rotatable bonds is 4. The Morgan fingerprint density at radius 3 is 2.38 bits per heavy atom. The predicted molar refractivity (Wildman–Crippen MR) is 80.7 cm³/mol. The van der Waals surface area contributed by atoms with Gasteiger partial charge in [0.2, 0.25) is 12.2 Å². The molecule has 0 heterocycles. The van der Waals surface area contributed by atoms with Crippen LogP contribution in [0.15, 0.2) is 46.4 Å². The molecule has 0 bridgehead atoms. The molecule has 0 fully saturated rings. The highest BCUT2D eigenvalue weighted by atomic mass is 16.1. The van der Waals surface area contributed by atoms with E-state index in [-0.39, 0.29) is 0 Å². The highest BCUT2D eigenvalue weighted by Crippen LogP contribution is 2.27. The lowest BCUT2D eigenvalue weighted by Crippen LogP contribution is -1.95. The number of nitrogens with zero attached hydrogens (tertiary/aromatic N) is 2. The maximum absolute atomic E-state index is 10.5. The molecule has 21 heavy (non-hydrogen) atoms. The maximum Gasteiger partial charge on any atom is 0.240 e. The van der Waals surface area contributed by atoms with Crippen molar-refractivity contribution in [3.63, 3.8) is 0 Å². The van der Waals surface area contributed by atoms with Crippen LogP contribution in [-0.2, 0) is 16.0 Å². The molecule has 0 spiro atoms. The van der Waals surface area contributed by atoms with Crippen LogP contribution < -0.4 is 0 Å². The van der Waals surface area contributed by atoms with Gasteiger partial charge < -0.3 is 0 Å². The van der Waals surface area contributed by atoms with Crippen molar-refractivity contribution in [1.82, 2.24) is 0 Å². The fourth-order valence-corrected chi connectivity index (χ4v) is 2.26.